The Kier molecular flexibility index (Phi) is 4.72. The molecular weight excluding hydrogens is 364 g/mol. The molecule has 1 atom stereocenters. The van der Waals surface area contributed by atoms with E-state index < -0.39 is 6.04 Å². The van der Waals surface area contributed by atoms with Gasteiger partial charge in [0, 0.05) is 18.0 Å². The highest BCUT2D eigenvalue weighted by atomic mass is 32.2. The molecule has 136 valence electrons. The second kappa shape index (κ2) is 7.32. The van der Waals surface area contributed by atoms with Crippen LogP contribution in [-0.2, 0) is 0 Å². The maximum Gasteiger partial charge on any atom is 0.262 e. The summed E-state index contributed by atoms with van der Waals surface area (Å²) in [5.74, 6) is 0.740. The zero-order valence-electron chi connectivity index (χ0n) is 14.5. The van der Waals surface area contributed by atoms with Crippen LogP contribution in [0.2, 0.25) is 0 Å². The first kappa shape index (κ1) is 17.4. The van der Waals surface area contributed by atoms with E-state index in [1.807, 2.05) is 6.26 Å². The van der Waals surface area contributed by atoms with E-state index in [1.165, 1.54) is 4.90 Å². The Bertz CT molecular complexity index is 954. The Morgan fingerprint density at radius 2 is 1.74 bits per heavy atom. The molecule has 4 rings (SSSR count). The van der Waals surface area contributed by atoms with Crippen LogP contribution in [0.4, 0.5) is 0 Å². The molecule has 7 nitrogen and oxygen atoms in total. The number of carbonyl (C=O) groups excluding carboxylic acids is 2. The van der Waals surface area contributed by atoms with Crippen molar-refractivity contribution in [1.82, 2.24) is 20.0 Å². The summed E-state index contributed by atoms with van der Waals surface area (Å²) in [6.45, 7) is 0. The second-order valence-corrected chi connectivity index (χ2v) is 7.00. The van der Waals surface area contributed by atoms with E-state index in [9.17, 15) is 9.59 Å². The van der Waals surface area contributed by atoms with Crippen LogP contribution < -0.4 is 0 Å². The third-order valence-corrected chi connectivity index (χ3v) is 5.04. The number of nitrogens with zero attached hydrogens (tertiary/aromatic N) is 4. The molecule has 1 aliphatic heterocycles. The fourth-order valence-electron chi connectivity index (χ4n) is 3.07. The standard InChI is InChI=1S/C19H16N4O3S/c1-27-11-8-15(17-21-16(22-26-17)12-6-9-20-10-7-12)23-18(24)13-4-2-3-5-14(13)19(23)25/h2-7,9-10,15H,8,11H2,1H3/t15-/m0/s1. The van der Waals surface area contributed by atoms with Gasteiger partial charge in [0.25, 0.3) is 11.8 Å². The molecule has 0 unspecified atom stereocenters. The third-order valence-electron chi connectivity index (χ3n) is 4.40. The van der Waals surface area contributed by atoms with Gasteiger partial charge in [0.15, 0.2) is 0 Å². The second-order valence-electron chi connectivity index (χ2n) is 6.02. The highest BCUT2D eigenvalue weighted by molar-refractivity contribution is 7.98. The van der Waals surface area contributed by atoms with Gasteiger partial charge in [0.2, 0.25) is 11.7 Å². The molecule has 2 aromatic heterocycles. The van der Waals surface area contributed by atoms with Crippen molar-refractivity contribution in [2.24, 2.45) is 0 Å². The minimum absolute atomic E-state index is 0.255. The van der Waals surface area contributed by atoms with E-state index in [2.05, 4.69) is 15.1 Å². The van der Waals surface area contributed by atoms with Gasteiger partial charge in [-0.3, -0.25) is 19.5 Å². The van der Waals surface area contributed by atoms with Gasteiger partial charge in [-0.15, -0.1) is 0 Å². The highest BCUT2D eigenvalue weighted by Crippen LogP contribution is 2.34. The summed E-state index contributed by atoms with van der Waals surface area (Å²) in [4.78, 5) is 35.4. The average molecular weight is 380 g/mol. The van der Waals surface area contributed by atoms with Crippen molar-refractivity contribution in [3.63, 3.8) is 0 Å². The van der Waals surface area contributed by atoms with Crippen molar-refractivity contribution in [1.29, 1.82) is 0 Å². The summed E-state index contributed by atoms with van der Waals surface area (Å²) >= 11 is 1.63. The lowest BCUT2D eigenvalue weighted by Gasteiger charge is -2.22. The van der Waals surface area contributed by atoms with Crippen LogP contribution in [0, 0.1) is 0 Å². The number of benzene rings is 1. The first-order chi connectivity index (χ1) is 13.2. The quantitative estimate of drug-likeness (QED) is 0.607. The van der Waals surface area contributed by atoms with Gasteiger partial charge in [-0.2, -0.15) is 16.7 Å². The number of fused-ring (bicyclic) bond motifs is 1. The van der Waals surface area contributed by atoms with Gasteiger partial charge in [0.05, 0.1) is 11.1 Å². The van der Waals surface area contributed by atoms with E-state index in [0.717, 1.165) is 11.3 Å². The zero-order chi connectivity index (χ0) is 18.8. The van der Waals surface area contributed by atoms with Gasteiger partial charge in [-0.1, -0.05) is 17.3 Å². The number of carbonyl (C=O) groups is 2. The predicted octanol–water partition coefficient (Wildman–Crippen LogP) is 3.22. The maximum atomic E-state index is 12.9. The number of thioether (sulfide) groups is 1. The zero-order valence-corrected chi connectivity index (χ0v) is 15.3. The number of amides is 2. The lowest BCUT2D eigenvalue weighted by Crippen LogP contribution is -2.34. The molecule has 3 heterocycles. The number of aromatic nitrogens is 3. The Balaban J connectivity index is 1.70. The molecule has 27 heavy (non-hydrogen) atoms. The average Bonchev–Trinajstić information content (AvgIpc) is 3.29. The Hall–Kier alpha value is -3.00. The molecule has 0 N–H and O–H groups in total. The van der Waals surface area contributed by atoms with E-state index in [4.69, 9.17) is 4.52 Å². The van der Waals surface area contributed by atoms with Gasteiger partial charge in [0.1, 0.15) is 6.04 Å². The van der Waals surface area contributed by atoms with Crippen LogP contribution in [0.1, 0.15) is 39.1 Å². The van der Waals surface area contributed by atoms with Gasteiger partial charge in [-0.25, -0.2) is 0 Å². The summed E-state index contributed by atoms with van der Waals surface area (Å²) in [7, 11) is 0. The van der Waals surface area contributed by atoms with Crippen LogP contribution in [0.15, 0.2) is 53.3 Å². The number of hydrogen-bond acceptors (Lipinski definition) is 7. The lowest BCUT2D eigenvalue weighted by molar-refractivity contribution is 0.0548. The minimum Gasteiger partial charge on any atom is -0.337 e. The van der Waals surface area contributed by atoms with Crippen molar-refractivity contribution in [2.45, 2.75) is 12.5 Å². The van der Waals surface area contributed by atoms with Gasteiger partial charge < -0.3 is 4.52 Å². The van der Waals surface area contributed by atoms with E-state index in [0.29, 0.717) is 23.4 Å². The predicted molar refractivity (Wildman–Crippen MR) is 100 cm³/mol. The lowest BCUT2D eigenvalue weighted by atomic mass is 10.1. The smallest absolute Gasteiger partial charge is 0.262 e. The molecule has 1 aromatic carbocycles. The fraction of sp³-hybridized carbons (Fsp3) is 0.211. The molecule has 3 aromatic rings. The van der Waals surface area contributed by atoms with Crippen molar-refractivity contribution in [3.8, 4) is 11.4 Å². The summed E-state index contributed by atoms with van der Waals surface area (Å²) in [6, 6.07) is 9.76. The molecule has 8 heteroatoms. The molecule has 0 aliphatic carbocycles. The number of imide groups is 1. The van der Waals surface area contributed by atoms with E-state index >= 15 is 0 Å². The molecule has 0 spiro atoms. The maximum absolute atomic E-state index is 12.9. The van der Waals surface area contributed by atoms with Gasteiger partial charge in [-0.05, 0) is 42.7 Å². The Morgan fingerprint density at radius 3 is 2.37 bits per heavy atom. The number of hydrogen-bond donors (Lipinski definition) is 0. The number of rotatable bonds is 6. The highest BCUT2D eigenvalue weighted by Gasteiger charge is 2.42. The van der Waals surface area contributed by atoms with E-state index in [-0.39, 0.29) is 17.7 Å². The number of pyridine rings is 1. The molecular formula is C19H16N4O3S. The normalized spacial score (nSPS) is 14.5. The first-order valence-corrected chi connectivity index (χ1v) is 9.80. The molecule has 0 saturated heterocycles. The molecule has 2 amide bonds. The third kappa shape index (κ3) is 3.12. The molecule has 0 fully saturated rings. The van der Waals surface area contributed by atoms with Crippen LogP contribution in [0.3, 0.4) is 0 Å². The van der Waals surface area contributed by atoms with Gasteiger partial charge >= 0.3 is 0 Å². The van der Waals surface area contributed by atoms with Crippen molar-refractivity contribution < 1.29 is 14.1 Å². The topological polar surface area (TPSA) is 89.2 Å². The van der Waals surface area contributed by atoms with Crippen molar-refractivity contribution >= 4 is 23.6 Å². The molecule has 0 radical (unpaired) electrons. The molecule has 0 saturated carbocycles. The molecule has 0 bridgehead atoms. The van der Waals surface area contributed by atoms with Crippen LogP contribution in [0.25, 0.3) is 11.4 Å². The SMILES string of the molecule is CSCC[C@@H](c1nc(-c2ccncc2)no1)N1C(=O)c2ccccc2C1=O. The van der Waals surface area contributed by atoms with Crippen LogP contribution >= 0.6 is 11.8 Å². The summed E-state index contributed by atoms with van der Waals surface area (Å²) in [5, 5.41) is 4.02. The first-order valence-electron chi connectivity index (χ1n) is 8.40. The van der Waals surface area contributed by atoms with Crippen LogP contribution in [-0.4, -0.2) is 43.8 Å². The van der Waals surface area contributed by atoms with Crippen LogP contribution in [0.5, 0.6) is 0 Å². The summed E-state index contributed by atoms with van der Waals surface area (Å²) < 4.78 is 5.45. The Morgan fingerprint density at radius 1 is 1.07 bits per heavy atom. The fourth-order valence-corrected chi connectivity index (χ4v) is 3.53. The monoisotopic (exact) mass is 380 g/mol. The van der Waals surface area contributed by atoms with E-state index in [1.54, 1.807) is 60.6 Å². The summed E-state index contributed by atoms with van der Waals surface area (Å²) in [5.41, 5.74) is 1.57. The minimum atomic E-state index is -0.604. The summed E-state index contributed by atoms with van der Waals surface area (Å²) in [6.07, 6.45) is 5.78. The van der Waals surface area contributed by atoms with Crippen molar-refractivity contribution in [3.05, 3.63) is 65.8 Å². The molecule has 1 aliphatic rings. The largest absolute Gasteiger partial charge is 0.337 e. The van der Waals surface area contributed by atoms with Crippen molar-refractivity contribution in [2.75, 3.05) is 12.0 Å². The Labute approximate surface area is 159 Å².